The Labute approximate surface area is 155 Å². The molecular formula is C21H15N3O3. The second-order valence-corrected chi connectivity index (χ2v) is 5.64. The normalized spacial score (nSPS) is 10.9. The smallest absolute Gasteiger partial charge is 0.356 e. The lowest BCUT2D eigenvalue weighted by atomic mass is 9.95. The summed E-state index contributed by atoms with van der Waals surface area (Å²) in [6.07, 6.45) is 0. The zero-order valence-corrected chi connectivity index (χ0v) is 14.1. The molecule has 0 atom stereocenters. The number of hydrogen-bond acceptors (Lipinski definition) is 5. The number of aromatic hydroxyl groups is 1. The van der Waals surface area contributed by atoms with E-state index in [4.69, 9.17) is 0 Å². The molecule has 0 heterocycles. The van der Waals surface area contributed by atoms with E-state index >= 15 is 0 Å². The maximum Gasteiger partial charge on any atom is 0.356 e. The minimum Gasteiger partial charge on any atom is -0.507 e. The first-order chi connectivity index (χ1) is 13.1. The van der Waals surface area contributed by atoms with E-state index in [1.807, 2.05) is 18.2 Å². The predicted molar refractivity (Wildman–Crippen MR) is 102 cm³/mol. The molecule has 3 aromatic carbocycles. The largest absolute Gasteiger partial charge is 0.507 e. The number of carbonyl (C=O) groups is 1. The van der Waals surface area contributed by atoms with E-state index in [2.05, 4.69) is 10.5 Å². The Bertz CT molecular complexity index is 1040. The third-order valence-electron chi connectivity index (χ3n) is 3.86. The molecule has 0 aliphatic heterocycles. The Balaban J connectivity index is 2.10. The van der Waals surface area contributed by atoms with Crippen molar-refractivity contribution in [2.24, 2.45) is 5.10 Å². The second-order valence-electron chi connectivity index (χ2n) is 5.64. The van der Waals surface area contributed by atoms with Crippen molar-refractivity contribution >= 4 is 17.4 Å². The number of hydrogen-bond donors (Lipinski definition) is 3. The van der Waals surface area contributed by atoms with Crippen LogP contribution >= 0.6 is 0 Å². The van der Waals surface area contributed by atoms with Crippen molar-refractivity contribution in [3.63, 3.8) is 0 Å². The molecule has 3 aromatic rings. The van der Waals surface area contributed by atoms with Crippen LogP contribution in [0.2, 0.25) is 0 Å². The summed E-state index contributed by atoms with van der Waals surface area (Å²) in [4.78, 5) is 11.7. The van der Waals surface area contributed by atoms with Gasteiger partial charge in [0.05, 0.1) is 5.69 Å². The van der Waals surface area contributed by atoms with Gasteiger partial charge < -0.3 is 10.2 Å². The van der Waals surface area contributed by atoms with Gasteiger partial charge in [0.1, 0.15) is 17.4 Å². The summed E-state index contributed by atoms with van der Waals surface area (Å²) in [6.45, 7) is 0. The number of benzene rings is 3. The maximum absolute atomic E-state index is 11.7. The molecule has 6 heteroatoms. The van der Waals surface area contributed by atoms with E-state index in [1.165, 1.54) is 12.1 Å². The molecule has 27 heavy (non-hydrogen) atoms. The summed E-state index contributed by atoms with van der Waals surface area (Å²) in [6, 6.07) is 22.6. The highest BCUT2D eigenvalue weighted by Gasteiger charge is 2.19. The van der Waals surface area contributed by atoms with Gasteiger partial charge in [-0.05, 0) is 29.8 Å². The quantitative estimate of drug-likeness (QED) is 0.475. The third kappa shape index (κ3) is 3.94. The van der Waals surface area contributed by atoms with E-state index in [0.717, 1.165) is 0 Å². The van der Waals surface area contributed by atoms with Crippen LogP contribution in [0.4, 0.5) is 5.69 Å². The van der Waals surface area contributed by atoms with Gasteiger partial charge in [0, 0.05) is 11.1 Å². The molecule has 0 amide bonds. The highest BCUT2D eigenvalue weighted by atomic mass is 16.4. The molecule has 0 aliphatic rings. The van der Waals surface area contributed by atoms with Gasteiger partial charge in [-0.15, -0.1) is 0 Å². The number of nitriles is 1. The molecule has 3 rings (SSSR count). The molecule has 0 unspecified atom stereocenters. The van der Waals surface area contributed by atoms with Crippen LogP contribution in [0, 0.1) is 11.3 Å². The van der Waals surface area contributed by atoms with Crippen molar-refractivity contribution in [1.82, 2.24) is 0 Å². The zero-order chi connectivity index (χ0) is 19.2. The van der Waals surface area contributed by atoms with Crippen LogP contribution in [-0.2, 0) is 4.79 Å². The average Bonchev–Trinajstić information content (AvgIpc) is 2.69. The minimum absolute atomic E-state index is 0.0747. The molecule has 0 aromatic heterocycles. The van der Waals surface area contributed by atoms with Gasteiger partial charge in [-0.25, -0.2) is 4.79 Å². The number of rotatable bonds is 5. The molecule has 3 N–H and O–H groups in total. The van der Waals surface area contributed by atoms with Crippen molar-refractivity contribution in [2.75, 3.05) is 5.43 Å². The first kappa shape index (κ1) is 17.7. The molecular weight excluding hydrogens is 342 g/mol. The van der Waals surface area contributed by atoms with Crippen molar-refractivity contribution in [1.29, 1.82) is 5.26 Å². The van der Waals surface area contributed by atoms with Crippen LogP contribution in [0.25, 0.3) is 11.1 Å². The fourth-order valence-corrected chi connectivity index (χ4v) is 2.60. The van der Waals surface area contributed by atoms with Crippen LogP contribution in [0.1, 0.15) is 11.1 Å². The Hall–Kier alpha value is -4.11. The summed E-state index contributed by atoms with van der Waals surface area (Å²) >= 11 is 0. The number of phenolic OH excluding ortho intramolecular Hbond substituents is 1. The van der Waals surface area contributed by atoms with E-state index in [-0.39, 0.29) is 22.6 Å². The van der Waals surface area contributed by atoms with Gasteiger partial charge >= 0.3 is 5.97 Å². The van der Waals surface area contributed by atoms with Crippen LogP contribution in [0.15, 0.2) is 77.9 Å². The van der Waals surface area contributed by atoms with Crippen molar-refractivity contribution < 1.29 is 15.0 Å². The zero-order valence-electron chi connectivity index (χ0n) is 14.1. The second kappa shape index (κ2) is 7.85. The summed E-state index contributed by atoms with van der Waals surface area (Å²) in [5, 5.41) is 33.2. The summed E-state index contributed by atoms with van der Waals surface area (Å²) in [7, 11) is 0. The van der Waals surface area contributed by atoms with Gasteiger partial charge in [0.2, 0.25) is 0 Å². The molecule has 0 radical (unpaired) electrons. The fourth-order valence-electron chi connectivity index (χ4n) is 2.60. The predicted octanol–water partition coefficient (Wildman–Crippen LogP) is 3.83. The lowest BCUT2D eigenvalue weighted by molar-refractivity contribution is -0.129. The number of carboxylic acid groups (broad SMARTS) is 1. The Morgan fingerprint density at radius 3 is 2.22 bits per heavy atom. The Morgan fingerprint density at radius 1 is 1.00 bits per heavy atom. The standard InChI is InChI=1S/C21H15N3O3/c22-13-18-17(14-7-3-1-4-8-14)11-15(12-19(18)25)20(21(26)27)24-23-16-9-5-2-6-10-16/h1-12,23,25H,(H,26,27)/b24-20-. The molecule has 0 bridgehead atoms. The summed E-state index contributed by atoms with van der Waals surface area (Å²) < 4.78 is 0. The van der Waals surface area contributed by atoms with Crippen molar-refractivity contribution in [3.05, 3.63) is 83.9 Å². The highest BCUT2D eigenvalue weighted by molar-refractivity contribution is 6.42. The van der Waals surface area contributed by atoms with Crippen LogP contribution in [-0.4, -0.2) is 21.9 Å². The van der Waals surface area contributed by atoms with E-state index < -0.39 is 5.97 Å². The molecule has 0 spiro atoms. The van der Waals surface area contributed by atoms with Crippen molar-refractivity contribution in [3.8, 4) is 22.9 Å². The number of aliphatic carboxylic acids is 1. The van der Waals surface area contributed by atoms with Gasteiger partial charge in [0.25, 0.3) is 0 Å². The van der Waals surface area contributed by atoms with E-state index in [0.29, 0.717) is 16.8 Å². The van der Waals surface area contributed by atoms with Crippen LogP contribution in [0.3, 0.4) is 0 Å². The Kier molecular flexibility index (Phi) is 5.15. The number of nitrogens with one attached hydrogen (secondary N) is 1. The van der Waals surface area contributed by atoms with Gasteiger partial charge in [-0.1, -0.05) is 48.5 Å². The lowest BCUT2D eigenvalue weighted by Crippen LogP contribution is -2.16. The summed E-state index contributed by atoms with van der Waals surface area (Å²) in [5.74, 6) is -1.57. The van der Waals surface area contributed by atoms with Gasteiger partial charge in [0.15, 0.2) is 5.71 Å². The average molecular weight is 357 g/mol. The molecule has 0 saturated heterocycles. The van der Waals surface area contributed by atoms with Gasteiger partial charge in [-0.2, -0.15) is 10.4 Å². The Morgan fingerprint density at radius 2 is 1.63 bits per heavy atom. The highest BCUT2D eigenvalue weighted by Crippen LogP contribution is 2.31. The number of phenols is 1. The summed E-state index contributed by atoms with van der Waals surface area (Å²) in [5.41, 5.74) is 4.41. The molecule has 132 valence electrons. The minimum atomic E-state index is -1.26. The molecule has 0 saturated carbocycles. The van der Waals surface area contributed by atoms with Crippen LogP contribution < -0.4 is 5.43 Å². The van der Waals surface area contributed by atoms with Crippen molar-refractivity contribution in [2.45, 2.75) is 0 Å². The maximum atomic E-state index is 11.7. The number of para-hydroxylation sites is 1. The first-order valence-electron chi connectivity index (χ1n) is 8.05. The number of anilines is 1. The third-order valence-corrected chi connectivity index (χ3v) is 3.86. The number of carboxylic acids is 1. The molecule has 0 aliphatic carbocycles. The van der Waals surface area contributed by atoms with Gasteiger partial charge in [-0.3, -0.25) is 5.43 Å². The van der Waals surface area contributed by atoms with E-state index in [9.17, 15) is 20.3 Å². The topological polar surface area (TPSA) is 106 Å². The lowest BCUT2D eigenvalue weighted by Gasteiger charge is -2.10. The SMILES string of the molecule is N#Cc1c(O)cc(/C(=N/Nc2ccccc2)C(=O)O)cc1-c1ccccc1. The fraction of sp³-hybridized carbons (Fsp3) is 0. The number of nitrogens with zero attached hydrogens (tertiary/aromatic N) is 2. The monoisotopic (exact) mass is 357 g/mol. The van der Waals surface area contributed by atoms with Crippen LogP contribution in [0.5, 0.6) is 5.75 Å². The number of hydrazone groups is 1. The van der Waals surface area contributed by atoms with E-state index in [1.54, 1.807) is 48.5 Å². The molecule has 0 fully saturated rings. The first-order valence-corrected chi connectivity index (χ1v) is 8.05. The molecule has 6 nitrogen and oxygen atoms in total.